The van der Waals surface area contributed by atoms with E-state index < -0.39 is 22.2 Å². The van der Waals surface area contributed by atoms with Crippen LogP contribution in [-0.2, 0) is 14.8 Å². The average molecular weight is 587 g/mol. The van der Waals surface area contributed by atoms with E-state index >= 15 is 0 Å². The molecule has 1 aliphatic rings. The van der Waals surface area contributed by atoms with Crippen molar-refractivity contribution in [2.45, 2.75) is 38.8 Å². The Balaban J connectivity index is 0.000000708. The first-order valence-corrected chi connectivity index (χ1v) is 14.4. The van der Waals surface area contributed by atoms with Crippen LogP contribution in [-0.4, -0.2) is 75.7 Å². The SMILES string of the molecule is CC(C)CN(CC(C)C)C(=O)c1cc(NS(=O)(=O)c2ccccc2)ccc1N1CCNCC1.O=C(O)C(F)(F)F. The number of carboxylic acids is 1. The quantitative estimate of drug-likeness (QED) is 0.401. The summed E-state index contributed by atoms with van der Waals surface area (Å²) in [6.45, 7) is 13.0. The predicted octanol–water partition coefficient (Wildman–Crippen LogP) is 4.28. The second kappa shape index (κ2) is 14.4. The number of aliphatic carboxylic acids is 1. The van der Waals surface area contributed by atoms with E-state index in [2.05, 4.69) is 42.6 Å². The monoisotopic (exact) mass is 586 g/mol. The van der Waals surface area contributed by atoms with E-state index in [4.69, 9.17) is 9.90 Å². The number of piperazine rings is 1. The minimum Gasteiger partial charge on any atom is -0.475 e. The van der Waals surface area contributed by atoms with Crippen LogP contribution in [0.15, 0.2) is 53.4 Å². The van der Waals surface area contributed by atoms with Gasteiger partial charge in [0, 0.05) is 50.6 Å². The van der Waals surface area contributed by atoms with Crippen molar-refractivity contribution in [1.82, 2.24) is 10.2 Å². The number of hydrogen-bond acceptors (Lipinski definition) is 6. The van der Waals surface area contributed by atoms with Gasteiger partial charge >= 0.3 is 12.1 Å². The summed E-state index contributed by atoms with van der Waals surface area (Å²) in [6.07, 6.45) is -5.08. The molecule has 1 heterocycles. The molecule has 1 amide bonds. The van der Waals surface area contributed by atoms with Crippen LogP contribution in [0, 0.1) is 11.8 Å². The van der Waals surface area contributed by atoms with E-state index in [1.54, 1.807) is 42.5 Å². The molecule has 0 atom stereocenters. The summed E-state index contributed by atoms with van der Waals surface area (Å²) in [4.78, 5) is 26.9. The highest BCUT2D eigenvalue weighted by Gasteiger charge is 2.38. The standard InChI is InChI=1S/C25H36N4O3S.C2HF3O2/c1-19(2)17-29(18-20(3)4)25(30)23-16-21(10-11-24(23)28-14-12-26-13-15-28)27-33(31,32)22-8-6-5-7-9-22;3-2(4,5)1(6)7/h5-11,16,19-20,26-27H,12-15,17-18H2,1-4H3;(H,6,7). The molecule has 2 aromatic carbocycles. The lowest BCUT2D eigenvalue weighted by atomic mass is 10.1. The van der Waals surface area contributed by atoms with Gasteiger partial charge in [0.25, 0.3) is 15.9 Å². The molecule has 1 aliphatic heterocycles. The van der Waals surface area contributed by atoms with E-state index in [-0.39, 0.29) is 10.8 Å². The zero-order valence-corrected chi connectivity index (χ0v) is 23.8. The molecular formula is C27H37F3N4O5S. The summed E-state index contributed by atoms with van der Waals surface area (Å²) in [6, 6.07) is 13.5. The number of nitrogens with one attached hydrogen (secondary N) is 2. The molecule has 0 aromatic heterocycles. The van der Waals surface area contributed by atoms with Crippen LogP contribution in [0.2, 0.25) is 0 Å². The van der Waals surface area contributed by atoms with Crippen molar-refractivity contribution < 1.29 is 36.3 Å². The summed E-state index contributed by atoms with van der Waals surface area (Å²) in [5.41, 5.74) is 1.77. The van der Waals surface area contributed by atoms with Crippen LogP contribution in [0.25, 0.3) is 0 Å². The Labute approximate surface area is 233 Å². The van der Waals surface area contributed by atoms with Crippen molar-refractivity contribution in [3.05, 3.63) is 54.1 Å². The lowest BCUT2D eigenvalue weighted by Crippen LogP contribution is -2.45. The fourth-order valence-corrected chi connectivity index (χ4v) is 5.13. The van der Waals surface area contributed by atoms with Crippen LogP contribution in [0.4, 0.5) is 24.5 Å². The van der Waals surface area contributed by atoms with E-state index in [0.717, 1.165) is 31.9 Å². The van der Waals surface area contributed by atoms with Gasteiger partial charge in [-0.25, -0.2) is 13.2 Å². The second-order valence-corrected chi connectivity index (χ2v) is 11.9. The molecule has 2 aromatic rings. The number of hydrogen-bond donors (Lipinski definition) is 3. The highest BCUT2D eigenvalue weighted by Crippen LogP contribution is 2.28. The first kappa shape index (κ1) is 32.9. The molecule has 222 valence electrons. The molecule has 0 bridgehead atoms. The van der Waals surface area contributed by atoms with E-state index in [1.807, 2.05) is 11.0 Å². The number of sulfonamides is 1. The zero-order valence-electron chi connectivity index (χ0n) is 23.0. The molecule has 13 heteroatoms. The minimum absolute atomic E-state index is 0.0632. The highest BCUT2D eigenvalue weighted by atomic mass is 32.2. The normalized spacial score (nSPS) is 14.0. The largest absolute Gasteiger partial charge is 0.490 e. The number of halogens is 3. The number of nitrogens with zero attached hydrogens (tertiary/aromatic N) is 2. The maximum Gasteiger partial charge on any atom is 0.490 e. The second-order valence-electron chi connectivity index (χ2n) is 10.2. The van der Waals surface area contributed by atoms with Gasteiger partial charge in [-0.2, -0.15) is 13.2 Å². The predicted molar refractivity (Wildman–Crippen MR) is 148 cm³/mol. The third-order valence-corrected chi connectivity index (χ3v) is 7.09. The topological polar surface area (TPSA) is 119 Å². The fraction of sp³-hybridized carbons (Fsp3) is 0.481. The van der Waals surface area contributed by atoms with Crippen LogP contribution >= 0.6 is 0 Å². The number of amides is 1. The molecule has 0 radical (unpaired) electrons. The van der Waals surface area contributed by atoms with Crippen molar-refractivity contribution in [2.24, 2.45) is 11.8 Å². The summed E-state index contributed by atoms with van der Waals surface area (Å²) in [5.74, 6) is -2.16. The van der Waals surface area contributed by atoms with Crippen molar-refractivity contribution in [3.63, 3.8) is 0 Å². The maximum absolute atomic E-state index is 13.8. The lowest BCUT2D eigenvalue weighted by Gasteiger charge is -2.33. The third-order valence-electron chi connectivity index (χ3n) is 5.69. The lowest BCUT2D eigenvalue weighted by molar-refractivity contribution is -0.192. The minimum atomic E-state index is -5.08. The van der Waals surface area contributed by atoms with Gasteiger partial charge in [-0.1, -0.05) is 45.9 Å². The zero-order chi connectivity index (χ0) is 30.1. The number of carbonyl (C=O) groups is 2. The highest BCUT2D eigenvalue weighted by molar-refractivity contribution is 7.92. The number of benzene rings is 2. The summed E-state index contributed by atoms with van der Waals surface area (Å²) < 4.78 is 60.1. The van der Waals surface area contributed by atoms with Crippen molar-refractivity contribution in [1.29, 1.82) is 0 Å². The van der Waals surface area contributed by atoms with Crippen LogP contribution in [0.1, 0.15) is 38.1 Å². The van der Waals surface area contributed by atoms with Gasteiger partial charge in [-0.3, -0.25) is 9.52 Å². The summed E-state index contributed by atoms with van der Waals surface area (Å²) >= 11 is 0. The van der Waals surface area contributed by atoms with Crippen molar-refractivity contribution >= 4 is 33.3 Å². The molecule has 1 fully saturated rings. The van der Waals surface area contributed by atoms with Gasteiger partial charge in [0.1, 0.15) is 0 Å². The van der Waals surface area contributed by atoms with Gasteiger partial charge in [0.2, 0.25) is 0 Å². The number of carbonyl (C=O) groups excluding carboxylic acids is 1. The first-order chi connectivity index (χ1) is 18.6. The summed E-state index contributed by atoms with van der Waals surface area (Å²) in [5, 5.41) is 10.5. The maximum atomic E-state index is 13.8. The molecule has 0 saturated carbocycles. The Morgan fingerprint density at radius 1 is 1.00 bits per heavy atom. The van der Waals surface area contributed by atoms with Gasteiger partial charge < -0.3 is 20.2 Å². The van der Waals surface area contributed by atoms with Crippen molar-refractivity contribution in [2.75, 3.05) is 48.9 Å². The smallest absolute Gasteiger partial charge is 0.475 e. The average Bonchev–Trinajstić information content (AvgIpc) is 2.88. The van der Waals surface area contributed by atoms with Gasteiger partial charge in [0.05, 0.1) is 10.5 Å². The van der Waals surface area contributed by atoms with Crippen LogP contribution in [0.5, 0.6) is 0 Å². The molecule has 1 saturated heterocycles. The first-order valence-electron chi connectivity index (χ1n) is 12.9. The molecule has 0 spiro atoms. The fourth-order valence-electron chi connectivity index (χ4n) is 4.06. The number of alkyl halides is 3. The number of carboxylic acid groups (broad SMARTS) is 1. The van der Waals surface area contributed by atoms with Gasteiger partial charge in [-0.05, 0) is 42.2 Å². The van der Waals surface area contributed by atoms with E-state index in [9.17, 15) is 26.4 Å². The Hall–Kier alpha value is -3.32. The Morgan fingerprint density at radius 2 is 1.52 bits per heavy atom. The molecule has 0 aliphatic carbocycles. The number of rotatable bonds is 9. The van der Waals surface area contributed by atoms with Crippen molar-refractivity contribution in [3.8, 4) is 0 Å². The molecule has 9 nitrogen and oxygen atoms in total. The van der Waals surface area contributed by atoms with Gasteiger partial charge in [0.15, 0.2) is 0 Å². The van der Waals surface area contributed by atoms with Crippen LogP contribution < -0.4 is 14.9 Å². The summed E-state index contributed by atoms with van der Waals surface area (Å²) in [7, 11) is -3.75. The Bertz CT molecular complexity index is 1220. The van der Waals surface area contributed by atoms with Crippen LogP contribution in [0.3, 0.4) is 0 Å². The number of anilines is 2. The Kier molecular flexibility index (Phi) is 11.8. The molecule has 3 N–H and O–H groups in total. The van der Waals surface area contributed by atoms with E-state index in [1.165, 1.54) is 0 Å². The van der Waals surface area contributed by atoms with E-state index in [0.29, 0.717) is 36.2 Å². The Morgan fingerprint density at radius 3 is 2.00 bits per heavy atom. The molecule has 3 rings (SSSR count). The third kappa shape index (κ3) is 10.0. The molecule has 0 unspecified atom stereocenters. The molecular weight excluding hydrogens is 549 g/mol. The van der Waals surface area contributed by atoms with Gasteiger partial charge in [-0.15, -0.1) is 0 Å². The molecule has 40 heavy (non-hydrogen) atoms.